The van der Waals surface area contributed by atoms with Crippen molar-refractivity contribution in [1.29, 1.82) is 0 Å². The van der Waals surface area contributed by atoms with Crippen LogP contribution < -0.4 is 0 Å². The van der Waals surface area contributed by atoms with E-state index >= 15 is 0 Å². The predicted molar refractivity (Wildman–Crippen MR) is 95.6 cm³/mol. The second kappa shape index (κ2) is 6.03. The third-order valence-corrected chi connectivity index (χ3v) is 4.51. The predicted octanol–water partition coefficient (Wildman–Crippen LogP) is 5.75. The molecule has 3 nitrogen and oxygen atoms in total. The van der Waals surface area contributed by atoms with E-state index in [2.05, 4.69) is 32.6 Å². The van der Waals surface area contributed by atoms with Gasteiger partial charge in [0, 0.05) is 20.7 Å². The van der Waals surface area contributed by atoms with Gasteiger partial charge in [-0.1, -0.05) is 35.8 Å². The molecule has 0 fully saturated rings. The van der Waals surface area contributed by atoms with Gasteiger partial charge in [-0.25, -0.2) is 0 Å². The van der Waals surface area contributed by atoms with Crippen LogP contribution in [0.1, 0.15) is 24.2 Å². The van der Waals surface area contributed by atoms with Crippen LogP contribution in [0.4, 0.5) is 0 Å². The SMILES string of the molecule is C=Cc1nn([C@H](C)c2ccc(Cl)cc2Cl)c2cc(Br)cnc12. The average Bonchev–Trinajstić information content (AvgIpc) is 2.84. The van der Waals surface area contributed by atoms with Crippen molar-refractivity contribution in [2.24, 2.45) is 0 Å². The zero-order valence-electron chi connectivity index (χ0n) is 11.7. The monoisotopic (exact) mass is 395 g/mol. The highest BCUT2D eigenvalue weighted by Crippen LogP contribution is 2.31. The number of rotatable bonds is 3. The molecule has 6 heteroatoms. The molecule has 1 aromatic carbocycles. The van der Waals surface area contributed by atoms with Gasteiger partial charge in [-0.3, -0.25) is 9.67 Å². The van der Waals surface area contributed by atoms with Crippen molar-refractivity contribution in [2.75, 3.05) is 0 Å². The van der Waals surface area contributed by atoms with E-state index < -0.39 is 0 Å². The van der Waals surface area contributed by atoms with Crippen molar-refractivity contribution in [3.05, 3.63) is 62.8 Å². The lowest BCUT2D eigenvalue weighted by Crippen LogP contribution is -2.09. The maximum atomic E-state index is 6.33. The van der Waals surface area contributed by atoms with E-state index in [0.717, 1.165) is 26.8 Å². The molecular formula is C16H12BrCl2N3. The molecule has 0 saturated carbocycles. The number of aromatic nitrogens is 3. The first kappa shape index (κ1) is 15.5. The quantitative estimate of drug-likeness (QED) is 0.563. The molecular weight excluding hydrogens is 385 g/mol. The van der Waals surface area contributed by atoms with E-state index in [4.69, 9.17) is 23.2 Å². The summed E-state index contributed by atoms with van der Waals surface area (Å²) < 4.78 is 2.80. The second-order valence-electron chi connectivity index (χ2n) is 4.90. The molecule has 1 atom stereocenters. The van der Waals surface area contributed by atoms with Gasteiger partial charge in [0.15, 0.2) is 0 Å². The topological polar surface area (TPSA) is 30.7 Å². The number of pyridine rings is 1. The van der Waals surface area contributed by atoms with Crippen LogP contribution in [0.25, 0.3) is 17.1 Å². The number of fused-ring (bicyclic) bond motifs is 1. The van der Waals surface area contributed by atoms with Crippen LogP contribution >= 0.6 is 39.1 Å². The van der Waals surface area contributed by atoms with Gasteiger partial charge in [-0.2, -0.15) is 5.10 Å². The maximum Gasteiger partial charge on any atom is 0.116 e. The number of hydrogen-bond acceptors (Lipinski definition) is 2. The summed E-state index contributed by atoms with van der Waals surface area (Å²) in [5.41, 5.74) is 3.43. The Morgan fingerprint density at radius 2 is 2.09 bits per heavy atom. The minimum atomic E-state index is -0.0583. The van der Waals surface area contributed by atoms with Crippen LogP contribution in [0, 0.1) is 0 Å². The lowest BCUT2D eigenvalue weighted by Gasteiger charge is -2.15. The Morgan fingerprint density at radius 3 is 2.77 bits per heavy atom. The van der Waals surface area contributed by atoms with Gasteiger partial charge in [0.1, 0.15) is 11.2 Å². The fraction of sp³-hybridized carbons (Fsp3) is 0.125. The molecule has 0 N–H and O–H groups in total. The van der Waals surface area contributed by atoms with Gasteiger partial charge in [0.05, 0.1) is 11.6 Å². The average molecular weight is 397 g/mol. The molecule has 2 heterocycles. The lowest BCUT2D eigenvalue weighted by atomic mass is 10.1. The molecule has 0 saturated heterocycles. The third-order valence-electron chi connectivity index (χ3n) is 3.51. The normalized spacial score (nSPS) is 12.5. The number of benzene rings is 1. The zero-order chi connectivity index (χ0) is 15.9. The highest BCUT2D eigenvalue weighted by molar-refractivity contribution is 9.10. The highest BCUT2D eigenvalue weighted by Gasteiger charge is 2.18. The Labute approximate surface area is 146 Å². The van der Waals surface area contributed by atoms with E-state index in [9.17, 15) is 0 Å². The zero-order valence-corrected chi connectivity index (χ0v) is 14.8. The minimum Gasteiger partial charge on any atom is -0.255 e. The molecule has 0 amide bonds. The second-order valence-corrected chi connectivity index (χ2v) is 6.66. The fourth-order valence-electron chi connectivity index (χ4n) is 2.42. The first-order chi connectivity index (χ1) is 10.5. The molecule has 0 aliphatic carbocycles. The van der Waals surface area contributed by atoms with E-state index in [1.807, 2.05) is 29.8 Å². The summed E-state index contributed by atoms with van der Waals surface area (Å²) in [7, 11) is 0. The molecule has 2 aromatic heterocycles. The molecule has 3 rings (SSSR count). The standard InChI is InChI=1S/C16H12BrCl2N3/c1-3-14-16-15(6-10(17)8-20-16)22(21-14)9(2)12-5-4-11(18)7-13(12)19/h3-9H,1H2,2H3/t9-/m1/s1. The number of halogens is 3. The van der Waals surface area contributed by atoms with Gasteiger partial charge in [-0.05, 0) is 52.7 Å². The Kier molecular flexibility index (Phi) is 4.26. The smallest absolute Gasteiger partial charge is 0.116 e. The van der Waals surface area contributed by atoms with Crippen LogP contribution in [-0.2, 0) is 0 Å². The fourth-order valence-corrected chi connectivity index (χ4v) is 3.31. The molecule has 3 aromatic rings. The van der Waals surface area contributed by atoms with Gasteiger partial charge in [-0.15, -0.1) is 0 Å². The van der Waals surface area contributed by atoms with Crippen molar-refractivity contribution >= 4 is 56.2 Å². The molecule has 0 radical (unpaired) electrons. The summed E-state index contributed by atoms with van der Waals surface area (Å²) in [4.78, 5) is 4.43. The molecule has 22 heavy (non-hydrogen) atoms. The van der Waals surface area contributed by atoms with Gasteiger partial charge in [0.2, 0.25) is 0 Å². The third kappa shape index (κ3) is 2.67. The Bertz CT molecular complexity index is 873. The van der Waals surface area contributed by atoms with Crippen LogP contribution in [0.15, 0.2) is 41.5 Å². The van der Waals surface area contributed by atoms with Gasteiger partial charge in [0.25, 0.3) is 0 Å². The highest BCUT2D eigenvalue weighted by atomic mass is 79.9. The molecule has 0 unspecified atom stereocenters. The largest absolute Gasteiger partial charge is 0.255 e. The Hall–Kier alpha value is -1.36. The van der Waals surface area contributed by atoms with Crippen molar-refractivity contribution in [3.63, 3.8) is 0 Å². The summed E-state index contributed by atoms with van der Waals surface area (Å²) in [5, 5.41) is 5.84. The Morgan fingerprint density at radius 1 is 1.32 bits per heavy atom. The van der Waals surface area contributed by atoms with Gasteiger partial charge >= 0.3 is 0 Å². The molecule has 112 valence electrons. The molecule has 0 aliphatic heterocycles. The van der Waals surface area contributed by atoms with E-state index in [0.29, 0.717) is 10.0 Å². The van der Waals surface area contributed by atoms with Crippen LogP contribution in [-0.4, -0.2) is 14.8 Å². The first-order valence-electron chi connectivity index (χ1n) is 6.62. The van der Waals surface area contributed by atoms with Crippen molar-refractivity contribution in [2.45, 2.75) is 13.0 Å². The van der Waals surface area contributed by atoms with E-state index in [1.54, 1.807) is 18.3 Å². The first-order valence-corrected chi connectivity index (χ1v) is 8.17. The maximum absolute atomic E-state index is 6.33. The summed E-state index contributed by atoms with van der Waals surface area (Å²) in [6, 6.07) is 7.42. The van der Waals surface area contributed by atoms with Gasteiger partial charge < -0.3 is 0 Å². The summed E-state index contributed by atoms with van der Waals surface area (Å²) >= 11 is 15.8. The van der Waals surface area contributed by atoms with Crippen LogP contribution in [0.3, 0.4) is 0 Å². The van der Waals surface area contributed by atoms with Crippen molar-refractivity contribution in [1.82, 2.24) is 14.8 Å². The molecule has 0 bridgehead atoms. The minimum absolute atomic E-state index is 0.0583. The van der Waals surface area contributed by atoms with Crippen LogP contribution in [0.5, 0.6) is 0 Å². The summed E-state index contributed by atoms with van der Waals surface area (Å²) in [5.74, 6) is 0. The lowest BCUT2D eigenvalue weighted by molar-refractivity contribution is 0.583. The van der Waals surface area contributed by atoms with Crippen molar-refractivity contribution in [3.8, 4) is 0 Å². The number of hydrogen-bond donors (Lipinski definition) is 0. The van der Waals surface area contributed by atoms with Crippen LogP contribution in [0.2, 0.25) is 10.0 Å². The molecule has 0 aliphatic rings. The molecule has 0 spiro atoms. The number of nitrogens with zero attached hydrogens (tertiary/aromatic N) is 3. The summed E-state index contributed by atoms with van der Waals surface area (Å²) in [6.07, 6.45) is 3.46. The summed E-state index contributed by atoms with van der Waals surface area (Å²) in [6.45, 7) is 5.84. The van der Waals surface area contributed by atoms with E-state index in [-0.39, 0.29) is 6.04 Å². The Balaban J connectivity index is 2.20. The van der Waals surface area contributed by atoms with E-state index in [1.165, 1.54) is 0 Å². The van der Waals surface area contributed by atoms with Crippen molar-refractivity contribution < 1.29 is 0 Å².